The molecule has 1 saturated heterocycles. The van der Waals surface area contributed by atoms with Crippen molar-refractivity contribution in [2.75, 3.05) is 24.5 Å². The van der Waals surface area contributed by atoms with Crippen LogP contribution < -0.4 is 15.0 Å². The second-order valence-corrected chi connectivity index (χ2v) is 4.50. The maximum Gasteiger partial charge on any atom is 0.573 e. The molecule has 1 heterocycles. The van der Waals surface area contributed by atoms with Gasteiger partial charge in [-0.25, -0.2) is 0 Å². The van der Waals surface area contributed by atoms with Gasteiger partial charge < -0.3 is 15.0 Å². The van der Waals surface area contributed by atoms with Crippen LogP contribution in [0.2, 0.25) is 0 Å². The number of nitrogens with zero attached hydrogens (tertiary/aromatic N) is 1. The Morgan fingerprint density at radius 3 is 2.58 bits per heavy atom. The summed E-state index contributed by atoms with van der Waals surface area (Å²) >= 11 is 0. The lowest BCUT2D eigenvalue weighted by Gasteiger charge is -2.37. The molecule has 6 heteroatoms. The van der Waals surface area contributed by atoms with Gasteiger partial charge in [0.25, 0.3) is 0 Å². The highest BCUT2D eigenvalue weighted by Gasteiger charge is 2.31. The monoisotopic (exact) mass is 274 g/mol. The summed E-state index contributed by atoms with van der Waals surface area (Å²) in [7, 11) is 0. The third kappa shape index (κ3) is 3.76. The van der Waals surface area contributed by atoms with Gasteiger partial charge >= 0.3 is 6.36 Å². The zero-order valence-electron chi connectivity index (χ0n) is 10.7. The van der Waals surface area contributed by atoms with Crippen LogP contribution >= 0.6 is 0 Å². The first-order chi connectivity index (χ1) is 8.99. The largest absolute Gasteiger partial charge is 0.573 e. The zero-order valence-corrected chi connectivity index (χ0v) is 10.7. The summed E-state index contributed by atoms with van der Waals surface area (Å²) in [5.74, 6) is -0.181. The lowest BCUT2D eigenvalue weighted by Crippen LogP contribution is -2.51. The fourth-order valence-corrected chi connectivity index (χ4v) is 2.30. The molecular weight excluding hydrogens is 257 g/mol. The lowest BCUT2D eigenvalue weighted by molar-refractivity contribution is -0.274. The van der Waals surface area contributed by atoms with Gasteiger partial charge in [0.15, 0.2) is 0 Å². The minimum Gasteiger partial charge on any atom is -0.406 e. The number of alkyl halides is 3. The molecule has 0 amide bonds. The summed E-state index contributed by atoms with van der Waals surface area (Å²) in [6.07, 6.45) is -3.64. The molecule has 0 spiro atoms. The number of nitrogens with one attached hydrogen (secondary N) is 1. The van der Waals surface area contributed by atoms with Gasteiger partial charge in [0.2, 0.25) is 0 Å². The molecule has 0 radical (unpaired) electrons. The third-order valence-electron chi connectivity index (χ3n) is 3.22. The standard InChI is InChI=1S/C13H17F3N2O/c1-2-10-9-17-7-8-18(10)11-3-5-12(6-4-11)19-13(14,15)16/h3-6,10,17H,2,7-9H2,1H3. The molecule has 0 bridgehead atoms. The number of piperazine rings is 1. The first-order valence-corrected chi connectivity index (χ1v) is 6.33. The number of halogens is 3. The normalized spacial score (nSPS) is 20.4. The first-order valence-electron chi connectivity index (χ1n) is 6.33. The molecular formula is C13H17F3N2O. The average molecular weight is 274 g/mol. The molecule has 19 heavy (non-hydrogen) atoms. The zero-order chi connectivity index (χ0) is 13.9. The van der Waals surface area contributed by atoms with Gasteiger partial charge in [-0.15, -0.1) is 13.2 Å². The Hall–Kier alpha value is -1.43. The number of hydrogen-bond donors (Lipinski definition) is 1. The van der Waals surface area contributed by atoms with E-state index in [0.717, 1.165) is 31.7 Å². The van der Waals surface area contributed by atoms with Gasteiger partial charge in [0.05, 0.1) is 0 Å². The maximum atomic E-state index is 12.1. The fraction of sp³-hybridized carbons (Fsp3) is 0.538. The summed E-state index contributed by atoms with van der Waals surface area (Å²) in [4.78, 5) is 2.22. The number of ether oxygens (including phenoxy) is 1. The topological polar surface area (TPSA) is 24.5 Å². The van der Waals surface area contributed by atoms with Crippen molar-refractivity contribution < 1.29 is 17.9 Å². The second-order valence-electron chi connectivity index (χ2n) is 4.50. The lowest BCUT2D eigenvalue weighted by atomic mass is 10.1. The highest BCUT2D eigenvalue weighted by atomic mass is 19.4. The highest BCUT2D eigenvalue weighted by molar-refractivity contribution is 5.50. The fourth-order valence-electron chi connectivity index (χ4n) is 2.30. The van der Waals surface area contributed by atoms with E-state index in [1.807, 2.05) is 0 Å². The van der Waals surface area contributed by atoms with Crippen molar-refractivity contribution in [1.29, 1.82) is 0 Å². The van der Waals surface area contributed by atoms with Crippen molar-refractivity contribution in [2.45, 2.75) is 25.7 Å². The van der Waals surface area contributed by atoms with Crippen LogP contribution in [0.4, 0.5) is 18.9 Å². The quantitative estimate of drug-likeness (QED) is 0.917. The van der Waals surface area contributed by atoms with Crippen LogP contribution in [0.15, 0.2) is 24.3 Å². The van der Waals surface area contributed by atoms with Gasteiger partial charge in [0.1, 0.15) is 5.75 Å². The van der Waals surface area contributed by atoms with E-state index in [2.05, 4.69) is 21.9 Å². The SMILES string of the molecule is CCC1CNCCN1c1ccc(OC(F)(F)F)cc1. The summed E-state index contributed by atoms with van der Waals surface area (Å²) in [5.41, 5.74) is 0.933. The summed E-state index contributed by atoms with van der Waals surface area (Å²) in [6, 6.07) is 6.45. The van der Waals surface area contributed by atoms with E-state index < -0.39 is 6.36 Å². The molecule has 1 unspecified atom stereocenters. The Morgan fingerprint density at radius 1 is 1.32 bits per heavy atom. The van der Waals surface area contributed by atoms with Crippen LogP contribution in [-0.4, -0.2) is 32.0 Å². The van der Waals surface area contributed by atoms with Crippen LogP contribution in [0.25, 0.3) is 0 Å². The van der Waals surface area contributed by atoms with Crippen LogP contribution in [0.1, 0.15) is 13.3 Å². The van der Waals surface area contributed by atoms with Crippen molar-refractivity contribution >= 4 is 5.69 Å². The Kier molecular flexibility index (Phi) is 4.19. The van der Waals surface area contributed by atoms with Crippen molar-refractivity contribution in [3.05, 3.63) is 24.3 Å². The van der Waals surface area contributed by atoms with E-state index in [4.69, 9.17) is 0 Å². The van der Waals surface area contributed by atoms with E-state index >= 15 is 0 Å². The number of benzene rings is 1. The van der Waals surface area contributed by atoms with Crippen molar-refractivity contribution in [1.82, 2.24) is 5.32 Å². The van der Waals surface area contributed by atoms with E-state index in [-0.39, 0.29) is 5.75 Å². The molecule has 1 aromatic carbocycles. The van der Waals surface area contributed by atoms with Gasteiger partial charge in [0, 0.05) is 31.4 Å². The predicted octanol–water partition coefficient (Wildman–Crippen LogP) is 2.77. The van der Waals surface area contributed by atoms with Crippen molar-refractivity contribution in [3.63, 3.8) is 0 Å². The van der Waals surface area contributed by atoms with Gasteiger partial charge in [-0.1, -0.05) is 6.92 Å². The minimum absolute atomic E-state index is 0.181. The van der Waals surface area contributed by atoms with Crippen molar-refractivity contribution in [2.24, 2.45) is 0 Å². The molecule has 0 aliphatic carbocycles. The molecule has 1 fully saturated rings. The molecule has 1 aromatic rings. The predicted molar refractivity (Wildman–Crippen MR) is 67.4 cm³/mol. The van der Waals surface area contributed by atoms with Gasteiger partial charge in [-0.05, 0) is 30.7 Å². The molecule has 0 saturated carbocycles. The van der Waals surface area contributed by atoms with Crippen LogP contribution in [0.5, 0.6) is 5.75 Å². The minimum atomic E-state index is -4.64. The molecule has 1 atom stereocenters. The Balaban J connectivity index is 2.08. The van der Waals surface area contributed by atoms with E-state index in [9.17, 15) is 13.2 Å². The molecule has 1 aliphatic heterocycles. The molecule has 1 N–H and O–H groups in total. The number of hydrogen-bond acceptors (Lipinski definition) is 3. The molecule has 1 aliphatic rings. The Bertz CT molecular complexity index is 405. The molecule has 0 aromatic heterocycles. The molecule has 3 nitrogen and oxygen atoms in total. The average Bonchev–Trinajstić information content (AvgIpc) is 2.38. The highest BCUT2D eigenvalue weighted by Crippen LogP contribution is 2.26. The summed E-state index contributed by atoms with van der Waals surface area (Å²) in [6.45, 7) is 4.75. The summed E-state index contributed by atoms with van der Waals surface area (Å²) < 4.78 is 40.1. The molecule has 2 rings (SSSR count). The van der Waals surface area contributed by atoms with Crippen LogP contribution in [-0.2, 0) is 0 Å². The van der Waals surface area contributed by atoms with Gasteiger partial charge in [-0.3, -0.25) is 0 Å². The number of anilines is 1. The maximum absolute atomic E-state index is 12.1. The second kappa shape index (κ2) is 5.69. The third-order valence-corrected chi connectivity index (χ3v) is 3.22. The summed E-state index contributed by atoms with van der Waals surface area (Å²) in [5, 5.41) is 3.31. The first kappa shape index (κ1) is 14.0. The van der Waals surface area contributed by atoms with Crippen molar-refractivity contribution in [3.8, 4) is 5.75 Å². The van der Waals surface area contributed by atoms with Gasteiger partial charge in [-0.2, -0.15) is 0 Å². The smallest absolute Gasteiger partial charge is 0.406 e. The molecule has 106 valence electrons. The number of rotatable bonds is 3. The van der Waals surface area contributed by atoms with E-state index in [1.54, 1.807) is 12.1 Å². The Labute approximate surface area is 110 Å². The van der Waals surface area contributed by atoms with Crippen LogP contribution in [0.3, 0.4) is 0 Å². The van der Waals surface area contributed by atoms with E-state index in [0.29, 0.717) is 6.04 Å². The van der Waals surface area contributed by atoms with Crippen LogP contribution in [0, 0.1) is 0 Å². The Morgan fingerprint density at radius 2 is 2.00 bits per heavy atom. The van der Waals surface area contributed by atoms with E-state index in [1.165, 1.54) is 12.1 Å².